The highest BCUT2D eigenvalue weighted by molar-refractivity contribution is 6.07. The first-order chi connectivity index (χ1) is 10.5. The van der Waals surface area contributed by atoms with Gasteiger partial charge in [0.25, 0.3) is 0 Å². The highest BCUT2D eigenvalue weighted by Gasteiger charge is 2.23. The van der Waals surface area contributed by atoms with Gasteiger partial charge in [0.1, 0.15) is 17.6 Å². The SMILES string of the molecule is COC=C(Oc1cccc(C(C)=O)c1C(=O)OC)C(=O)OC. The molecule has 0 aromatic heterocycles. The molecule has 0 radical (unpaired) electrons. The molecule has 0 unspecified atom stereocenters. The molecule has 7 heteroatoms. The van der Waals surface area contributed by atoms with Crippen LogP contribution in [0.2, 0.25) is 0 Å². The molecule has 7 nitrogen and oxygen atoms in total. The van der Waals surface area contributed by atoms with Crippen LogP contribution in [0.3, 0.4) is 0 Å². The van der Waals surface area contributed by atoms with Crippen molar-refractivity contribution in [3.8, 4) is 5.75 Å². The zero-order chi connectivity index (χ0) is 16.7. The molecule has 1 aromatic carbocycles. The quantitative estimate of drug-likeness (QED) is 0.342. The lowest BCUT2D eigenvalue weighted by molar-refractivity contribution is -0.138. The van der Waals surface area contributed by atoms with Gasteiger partial charge in [-0.3, -0.25) is 4.79 Å². The summed E-state index contributed by atoms with van der Waals surface area (Å²) in [6.07, 6.45) is 1.02. The second-order valence-electron chi connectivity index (χ2n) is 4.04. The Balaban J connectivity index is 3.37. The van der Waals surface area contributed by atoms with Crippen LogP contribution < -0.4 is 4.74 Å². The first kappa shape index (κ1) is 17.2. The van der Waals surface area contributed by atoms with Crippen LogP contribution >= 0.6 is 0 Å². The van der Waals surface area contributed by atoms with Gasteiger partial charge in [0.05, 0.1) is 21.3 Å². The van der Waals surface area contributed by atoms with Crippen molar-refractivity contribution in [3.63, 3.8) is 0 Å². The Morgan fingerprint density at radius 2 is 1.73 bits per heavy atom. The molecule has 0 saturated carbocycles. The average Bonchev–Trinajstić information content (AvgIpc) is 2.52. The number of carbonyl (C=O) groups is 3. The third-order valence-electron chi connectivity index (χ3n) is 2.63. The Morgan fingerprint density at radius 3 is 2.23 bits per heavy atom. The molecule has 0 aliphatic rings. The summed E-state index contributed by atoms with van der Waals surface area (Å²) in [4.78, 5) is 35.2. The summed E-state index contributed by atoms with van der Waals surface area (Å²) in [5.41, 5.74) is 0.0365. The molecular formula is C15H16O7. The molecular weight excluding hydrogens is 292 g/mol. The maximum atomic E-state index is 11.9. The van der Waals surface area contributed by atoms with Gasteiger partial charge in [0.15, 0.2) is 5.78 Å². The molecule has 0 amide bonds. The number of methoxy groups -OCH3 is 3. The molecule has 0 bridgehead atoms. The number of ketones is 1. The average molecular weight is 308 g/mol. The Labute approximate surface area is 127 Å². The predicted molar refractivity (Wildman–Crippen MR) is 75.5 cm³/mol. The molecule has 0 aliphatic heterocycles. The number of hydrogen-bond acceptors (Lipinski definition) is 7. The van der Waals surface area contributed by atoms with Crippen LogP contribution in [0.5, 0.6) is 5.75 Å². The third-order valence-corrected chi connectivity index (χ3v) is 2.63. The molecule has 0 saturated heterocycles. The molecule has 0 spiro atoms. The van der Waals surface area contributed by atoms with Gasteiger partial charge < -0.3 is 18.9 Å². The van der Waals surface area contributed by atoms with Crippen LogP contribution in [-0.4, -0.2) is 39.1 Å². The summed E-state index contributed by atoms with van der Waals surface area (Å²) in [5, 5.41) is 0. The number of hydrogen-bond donors (Lipinski definition) is 0. The normalized spacial score (nSPS) is 10.6. The largest absolute Gasteiger partial charge is 0.500 e. The highest BCUT2D eigenvalue weighted by Crippen LogP contribution is 2.26. The van der Waals surface area contributed by atoms with Gasteiger partial charge in [-0.15, -0.1) is 0 Å². The van der Waals surface area contributed by atoms with Crippen molar-refractivity contribution in [2.24, 2.45) is 0 Å². The van der Waals surface area contributed by atoms with Crippen molar-refractivity contribution in [1.82, 2.24) is 0 Å². The monoisotopic (exact) mass is 308 g/mol. The minimum absolute atomic E-state index is 0.0201. The Bertz CT molecular complexity index is 616. The van der Waals surface area contributed by atoms with Crippen molar-refractivity contribution in [1.29, 1.82) is 0 Å². The first-order valence-electron chi connectivity index (χ1n) is 6.17. The van der Waals surface area contributed by atoms with Gasteiger partial charge in [0, 0.05) is 5.56 Å². The number of rotatable bonds is 6. The van der Waals surface area contributed by atoms with Crippen LogP contribution in [-0.2, 0) is 19.0 Å². The summed E-state index contributed by atoms with van der Waals surface area (Å²) < 4.78 is 19.3. The number of ether oxygens (including phenoxy) is 4. The summed E-state index contributed by atoms with van der Waals surface area (Å²) >= 11 is 0. The molecule has 0 atom stereocenters. The lowest BCUT2D eigenvalue weighted by Crippen LogP contribution is -2.15. The highest BCUT2D eigenvalue weighted by atomic mass is 16.6. The van der Waals surface area contributed by atoms with Crippen LogP contribution in [0.25, 0.3) is 0 Å². The van der Waals surface area contributed by atoms with Gasteiger partial charge in [-0.25, -0.2) is 9.59 Å². The van der Waals surface area contributed by atoms with Crippen LogP contribution in [0.4, 0.5) is 0 Å². The predicted octanol–water partition coefficient (Wildman–Crippen LogP) is 1.72. The summed E-state index contributed by atoms with van der Waals surface area (Å²) in [6.45, 7) is 1.30. The Hall–Kier alpha value is -2.83. The van der Waals surface area contributed by atoms with E-state index in [9.17, 15) is 14.4 Å². The fourth-order valence-electron chi connectivity index (χ4n) is 1.66. The number of Topliss-reactive ketones (excluding diaryl/α,β-unsaturated/α-hetero) is 1. The first-order valence-corrected chi connectivity index (χ1v) is 6.17. The van der Waals surface area contributed by atoms with E-state index in [1.807, 2.05) is 0 Å². The molecule has 0 fully saturated rings. The van der Waals surface area contributed by atoms with E-state index in [1.54, 1.807) is 0 Å². The lowest BCUT2D eigenvalue weighted by Gasteiger charge is -2.13. The van der Waals surface area contributed by atoms with E-state index in [0.29, 0.717) is 0 Å². The third kappa shape index (κ3) is 3.85. The number of benzene rings is 1. The van der Waals surface area contributed by atoms with Gasteiger partial charge in [-0.05, 0) is 13.0 Å². The van der Waals surface area contributed by atoms with Gasteiger partial charge in [0.2, 0.25) is 5.76 Å². The molecule has 0 heterocycles. The maximum Gasteiger partial charge on any atom is 0.377 e. The van der Waals surface area contributed by atoms with E-state index in [4.69, 9.17) is 9.47 Å². The van der Waals surface area contributed by atoms with Gasteiger partial charge in [-0.1, -0.05) is 12.1 Å². The van der Waals surface area contributed by atoms with Crippen molar-refractivity contribution in [2.75, 3.05) is 21.3 Å². The lowest BCUT2D eigenvalue weighted by atomic mass is 10.0. The number of carbonyl (C=O) groups excluding carboxylic acids is 3. The van der Waals surface area contributed by atoms with E-state index in [1.165, 1.54) is 46.5 Å². The van der Waals surface area contributed by atoms with Crippen molar-refractivity contribution >= 4 is 17.7 Å². The molecule has 1 rings (SSSR count). The van der Waals surface area contributed by atoms with Gasteiger partial charge in [-0.2, -0.15) is 0 Å². The smallest absolute Gasteiger partial charge is 0.377 e. The summed E-state index contributed by atoms with van der Waals surface area (Å²) in [6, 6.07) is 4.39. The minimum atomic E-state index is -0.800. The van der Waals surface area contributed by atoms with E-state index in [0.717, 1.165) is 6.26 Å². The topological polar surface area (TPSA) is 88.1 Å². The van der Waals surface area contributed by atoms with E-state index >= 15 is 0 Å². The summed E-state index contributed by atoms with van der Waals surface area (Å²) in [7, 11) is 3.66. The van der Waals surface area contributed by atoms with Crippen molar-refractivity contribution < 1.29 is 33.3 Å². The maximum absolute atomic E-state index is 11.9. The Kier molecular flexibility index (Phi) is 6.12. The summed E-state index contributed by atoms with van der Waals surface area (Å²) in [5.74, 6) is -2.21. The number of esters is 2. The molecule has 118 valence electrons. The second kappa shape index (κ2) is 7.82. The minimum Gasteiger partial charge on any atom is -0.500 e. The van der Waals surface area contributed by atoms with Crippen LogP contribution in [0, 0.1) is 0 Å². The van der Waals surface area contributed by atoms with E-state index in [-0.39, 0.29) is 28.4 Å². The fraction of sp³-hybridized carbons (Fsp3) is 0.267. The zero-order valence-electron chi connectivity index (χ0n) is 12.7. The van der Waals surface area contributed by atoms with Crippen LogP contribution in [0.15, 0.2) is 30.2 Å². The standard InChI is InChI=1S/C15H16O7/c1-9(16)10-6-5-7-11(13(10)15(18)21-4)22-12(8-19-2)14(17)20-3/h5-8H,1-4H3. The van der Waals surface area contributed by atoms with E-state index in [2.05, 4.69) is 9.47 Å². The Morgan fingerprint density at radius 1 is 1.05 bits per heavy atom. The molecule has 22 heavy (non-hydrogen) atoms. The van der Waals surface area contributed by atoms with E-state index < -0.39 is 11.9 Å². The second-order valence-corrected chi connectivity index (χ2v) is 4.04. The van der Waals surface area contributed by atoms with Crippen molar-refractivity contribution in [3.05, 3.63) is 41.3 Å². The fourth-order valence-corrected chi connectivity index (χ4v) is 1.66. The van der Waals surface area contributed by atoms with Crippen molar-refractivity contribution in [2.45, 2.75) is 6.92 Å². The molecule has 1 aromatic rings. The van der Waals surface area contributed by atoms with Crippen LogP contribution in [0.1, 0.15) is 27.6 Å². The molecule has 0 aliphatic carbocycles. The van der Waals surface area contributed by atoms with Gasteiger partial charge >= 0.3 is 11.9 Å². The molecule has 0 N–H and O–H groups in total. The zero-order valence-corrected chi connectivity index (χ0v) is 12.7.